The van der Waals surface area contributed by atoms with Crippen LogP contribution in [0.4, 0.5) is 19.2 Å². The summed E-state index contributed by atoms with van der Waals surface area (Å²) in [5.41, 5.74) is 1.68. The van der Waals surface area contributed by atoms with Crippen LogP contribution in [0.3, 0.4) is 0 Å². The molecule has 0 aliphatic heterocycles. The van der Waals surface area contributed by atoms with Crippen molar-refractivity contribution in [1.29, 1.82) is 0 Å². The zero-order valence-corrected chi connectivity index (χ0v) is 40.3. The maximum atomic E-state index is 13.8. The van der Waals surface area contributed by atoms with Gasteiger partial charge in [-0.25, -0.2) is 19.2 Å². The van der Waals surface area contributed by atoms with Crippen LogP contribution in [0.25, 0.3) is 0 Å². The van der Waals surface area contributed by atoms with Crippen molar-refractivity contribution in [2.24, 2.45) is 0 Å². The van der Waals surface area contributed by atoms with E-state index in [-0.39, 0.29) is 6.54 Å². The van der Waals surface area contributed by atoms with E-state index >= 15 is 0 Å². The lowest BCUT2D eigenvalue weighted by Crippen LogP contribution is -2.61. The first-order chi connectivity index (χ1) is 28.2. The van der Waals surface area contributed by atoms with Gasteiger partial charge in [-0.1, -0.05) is 37.7 Å². The third kappa shape index (κ3) is 26.6. The van der Waals surface area contributed by atoms with Gasteiger partial charge in [-0.2, -0.15) is 0 Å². The van der Waals surface area contributed by atoms with E-state index in [1.807, 2.05) is 24.3 Å². The number of alkyl carbamates (subject to hydrolysis) is 4. The lowest BCUT2D eigenvalue weighted by molar-refractivity contribution is -0.130. The highest BCUT2D eigenvalue weighted by molar-refractivity contribution is 6.83. The highest BCUT2D eigenvalue weighted by atomic mass is 28.3. The third-order valence-electron chi connectivity index (χ3n) is 7.30. The molecule has 7 amide bonds. The topological polar surface area (TPSA) is 241 Å². The molecule has 348 valence electrons. The van der Waals surface area contributed by atoms with Crippen LogP contribution in [0.15, 0.2) is 24.3 Å². The summed E-state index contributed by atoms with van der Waals surface area (Å²) >= 11 is 0. The van der Waals surface area contributed by atoms with E-state index in [2.05, 4.69) is 68.3 Å². The normalized spacial score (nSPS) is 13.3. The van der Waals surface area contributed by atoms with E-state index in [1.165, 1.54) is 0 Å². The van der Waals surface area contributed by atoms with Gasteiger partial charge in [0, 0.05) is 18.7 Å². The summed E-state index contributed by atoms with van der Waals surface area (Å²) in [6.07, 6.45) is -2.56. The molecule has 19 heteroatoms. The Labute approximate surface area is 368 Å². The van der Waals surface area contributed by atoms with Crippen molar-refractivity contribution >= 4 is 50.2 Å². The number of nitrogens with one attached hydrogen (secondary N) is 7. The van der Waals surface area contributed by atoms with Crippen LogP contribution in [0.1, 0.15) is 101 Å². The van der Waals surface area contributed by atoms with E-state index < -0.39 is 110 Å². The largest absolute Gasteiger partial charge is 0.444 e. The van der Waals surface area contributed by atoms with Crippen molar-refractivity contribution in [1.82, 2.24) is 37.2 Å². The first-order valence-electron chi connectivity index (χ1n) is 20.6. The summed E-state index contributed by atoms with van der Waals surface area (Å²) < 4.78 is 21.2. The van der Waals surface area contributed by atoms with Crippen molar-refractivity contribution in [2.45, 2.75) is 156 Å². The summed E-state index contributed by atoms with van der Waals surface area (Å²) in [5.74, 6) is 0.743. The lowest BCUT2D eigenvalue weighted by atomic mass is 10.1. The smallest absolute Gasteiger partial charge is 0.408 e. The molecule has 62 heavy (non-hydrogen) atoms. The second-order valence-electron chi connectivity index (χ2n) is 19.6. The Morgan fingerprint density at radius 3 is 1.31 bits per heavy atom. The first-order valence-corrected chi connectivity index (χ1v) is 24.1. The third-order valence-corrected chi connectivity index (χ3v) is 8.18. The molecule has 7 N–H and O–H groups in total. The molecule has 18 nitrogen and oxygen atoms in total. The molecule has 0 aromatic heterocycles. The Hall–Kier alpha value is -5.51. The van der Waals surface area contributed by atoms with Gasteiger partial charge in [0.05, 0.1) is 13.1 Å². The van der Waals surface area contributed by atoms with Gasteiger partial charge >= 0.3 is 24.4 Å². The maximum absolute atomic E-state index is 13.8. The summed E-state index contributed by atoms with van der Waals surface area (Å²) in [6, 6.07) is 3.46. The summed E-state index contributed by atoms with van der Waals surface area (Å²) in [7, 11) is -1.54. The molecule has 1 rings (SSSR count). The monoisotopic (exact) mass is 889 g/mol. The molecule has 0 unspecified atom stereocenters. The highest BCUT2D eigenvalue weighted by Crippen LogP contribution is 2.11. The molecule has 0 heterocycles. The number of hydrogen-bond acceptors (Lipinski definition) is 11. The van der Waals surface area contributed by atoms with Crippen LogP contribution < -0.4 is 37.2 Å². The minimum Gasteiger partial charge on any atom is -0.444 e. The molecule has 0 bridgehead atoms. The molecule has 3 atom stereocenters. The number of benzene rings is 1. The number of carbonyl (C=O) groups is 7. The number of ether oxygens (including phenoxy) is 4. The average Bonchev–Trinajstić information content (AvgIpc) is 3.07. The van der Waals surface area contributed by atoms with E-state index in [1.54, 1.807) is 83.1 Å². The zero-order chi connectivity index (χ0) is 47.7. The molecule has 0 spiro atoms. The standard InChI is InChI=1S/C43H71N7O11Si/c1-40(2,3)58-36(54)46-26-31(49-38(56)60-42(7,8)9)34(52)45-25-30(33(51)44-23-16-17-28-18-20-29(21-19-28)22-24-62(13,14)15)48-35(53)32(50-39(57)61-43(10,11)12)27-47-37(55)59-41(4,5)6/h18-21,30-32H,16-17,23,25-27H2,1-15H3,(H,44,51)(H,45,52)(H,46,54)(H,47,55)(H,48,53)(H,49,56)(H,50,57)/t30-,31-,32-/m0/s1. The van der Waals surface area contributed by atoms with E-state index in [0.717, 1.165) is 11.1 Å². The molecular formula is C43H71N7O11Si. The van der Waals surface area contributed by atoms with Crippen molar-refractivity contribution in [3.8, 4) is 11.5 Å². The number of hydrogen-bond donors (Lipinski definition) is 7. The molecule has 0 saturated heterocycles. The molecule has 0 saturated carbocycles. The Bertz CT molecular complexity index is 1760. The maximum Gasteiger partial charge on any atom is 0.408 e. The van der Waals surface area contributed by atoms with Crippen LogP contribution >= 0.6 is 0 Å². The minimum atomic E-state index is -1.54. The molecule has 0 fully saturated rings. The molecule has 0 aliphatic carbocycles. The van der Waals surface area contributed by atoms with Gasteiger partial charge in [0.15, 0.2) is 0 Å². The van der Waals surface area contributed by atoms with E-state index in [4.69, 9.17) is 18.9 Å². The Morgan fingerprint density at radius 1 is 0.516 bits per heavy atom. The van der Waals surface area contributed by atoms with Crippen molar-refractivity contribution in [2.75, 3.05) is 26.2 Å². The molecule has 0 aliphatic rings. The van der Waals surface area contributed by atoms with Gasteiger partial charge < -0.3 is 56.2 Å². The van der Waals surface area contributed by atoms with Gasteiger partial charge in [-0.05, 0) is 114 Å². The van der Waals surface area contributed by atoms with E-state index in [9.17, 15) is 33.6 Å². The van der Waals surface area contributed by atoms with Crippen LogP contribution in [-0.4, -0.2) is 117 Å². The summed E-state index contributed by atoms with van der Waals surface area (Å²) in [5, 5.41) is 17.6. The van der Waals surface area contributed by atoms with Gasteiger partial charge in [-0.3, -0.25) is 14.4 Å². The van der Waals surface area contributed by atoms with Crippen LogP contribution in [0.5, 0.6) is 0 Å². The van der Waals surface area contributed by atoms with Crippen LogP contribution in [0, 0.1) is 11.5 Å². The molecular weight excluding hydrogens is 819 g/mol. The number of amides is 7. The Morgan fingerprint density at radius 2 is 0.887 bits per heavy atom. The predicted molar refractivity (Wildman–Crippen MR) is 238 cm³/mol. The second-order valence-corrected chi connectivity index (χ2v) is 24.3. The van der Waals surface area contributed by atoms with E-state index in [0.29, 0.717) is 12.8 Å². The number of rotatable bonds is 16. The zero-order valence-electron chi connectivity index (χ0n) is 39.3. The molecule has 1 aromatic rings. The summed E-state index contributed by atoms with van der Waals surface area (Å²) in [6.45, 7) is 24.9. The number of carbonyl (C=O) groups excluding carboxylic acids is 7. The SMILES string of the molecule is CC(C)(C)OC(=O)NC[C@H](NC(=O)OC(C)(C)C)C(=O)NC[C@H](NC(=O)[C@H](CNC(=O)OC(C)(C)C)NC(=O)OC(C)(C)C)C(=O)NCCCc1ccc(C#C[Si](C)(C)C)cc1. The first kappa shape index (κ1) is 54.5. The Kier molecular flexibility index (Phi) is 20.8. The minimum absolute atomic E-state index is 0.179. The quantitative estimate of drug-likeness (QED) is 0.0531. The van der Waals surface area contributed by atoms with Gasteiger partial charge in [0.1, 0.15) is 48.6 Å². The molecule has 1 aromatic carbocycles. The fourth-order valence-corrected chi connectivity index (χ4v) is 5.29. The van der Waals surface area contributed by atoms with Gasteiger partial charge in [0.25, 0.3) is 0 Å². The predicted octanol–water partition coefficient (Wildman–Crippen LogP) is 4.40. The Balaban J connectivity index is 3.36. The number of aryl methyl sites for hydroxylation is 1. The summed E-state index contributed by atoms with van der Waals surface area (Å²) in [4.78, 5) is 91.8. The fourth-order valence-electron chi connectivity index (χ4n) is 4.77. The van der Waals surface area contributed by atoms with Gasteiger partial charge in [0.2, 0.25) is 17.7 Å². The van der Waals surface area contributed by atoms with Crippen molar-refractivity contribution in [3.05, 3.63) is 35.4 Å². The average molecular weight is 890 g/mol. The van der Waals surface area contributed by atoms with Crippen LogP contribution in [0.2, 0.25) is 19.6 Å². The van der Waals surface area contributed by atoms with Crippen LogP contribution in [-0.2, 0) is 39.8 Å². The lowest BCUT2D eigenvalue weighted by Gasteiger charge is -2.27. The highest BCUT2D eigenvalue weighted by Gasteiger charge is 2.32. The second kappa shape index (κ2) is 23.6. The molecule has 0 radical (unpaired) electrons. The fraction of sp³-hybridized carbons (Fsp3) is 0.651. The van der Waals surface area contributed by atoms with Crippen molar-refractivity contribution in [3.63, 3.8) is 0 Å². The van der Waals surface area contributed by atoms with Gasteiger partial charge in [-0.15, -0.1) is 5.54 Å². The van der Waals surface area contributed by atoms with Crippen molar-refractivity contribution < 1.29 is 52.5 Å².